The van der Waals surface area contributed by atoms with Crippen LogP contribution in [0.25, 0.3) is 0 Å². The quantitative estimate of drug-likeness (QED) is 0.667. The van der Waals surface area contributed by atoms with E-state index in [0.29, 0.717) is 22.4 Å². The van der Waals surface area contributed by atoms with E-state index in [-0.39, 0.29) is 17.3 Å². The molecule has 0 saturated heterocycles. The standard InChI is InChI=1S/C15H11NO3/c1-8-5-6-16-13-12(8)14(17)11-7-9(19-2)3-4-10(11)15(13)18/h3-7H,1-2H3. The molecule has 1 heterocycles. The molecule has 0 aliphatic heterocycles. The summed E-state index contributed by atoms with van der Waals surface area (Å²) in [5.41, 5.74) is 2.16. The number of ketones is 2. The maximum Gasteiger partial charge on any atom is 0.212 e. The second kappa shape index (κ2) is 4.02. The third-order valence-electron chi connectivity index (χ3n) is 3.32. The van der Waals surface area contributed by atoms with Crippen molar-refractivity contribution >= 4 is 11.6 Å². The average molecular weight is 253 g/mol. The van der Waals surface area contributed by atoms with Crippen LogP contribution in [0.15, 0.2) is 30.5 Å². The maximum atomic E-state index is 12.5. The van der Waals surface area contributed by atoms with E-state index in [1.54, 1.807) is 37.4 Å². The van der Waals surface area contributed by atoms with Gasteiger partial charge in [0.2, 0.25) is 5.78 Å². The summed E-state index contributed by atoms with van der Waals surface area (Å²) in [6.45, 7) is 1.80. The molecule has 0 N–H and O–H groups in total. The molecule has 1 aliphatic carbocycles. The highest BCUT2D eigenvalue weighted by Crippen LogP contribution is 2.30. The van der Waals surface area contributed by atoms with E-state index in [4.69, 9.17) is 4.74 Å². The molecule has 0 unspecified atom stereocenters. The van der Waals surface area contributed by atoms with E-state index >= 15 is 0 Å². The lowest BCUT2D eigenvalue weighted by atomic mass is 9.85. The van der Waals surface area contributed by atoms with Gasteiger partial charge in [-0.05, 0) is 36.8 Å². The molecule has 0 saturated carbocycles. The topological polar surface area (TPSA) is 56.3 Å². The molecule has 94 valence electrons. The number of hydrogen-bond acceptors (Lipinski definition) is 4. The Morgan fingerprint density at radius 2 is 1.84 bits per heavy atom. The molecule has 1 aliphatic rings. The van der Waals surface area contributed by atoms with Crippen molar-refractivity contribution in [1.29, 1.82) is 0 Å². The van der Waals surface area contributed by atoms with Crippen LogP contribution in [-0.2, 0) is 0 Å². The number of carbonyl (C=O) groups is 2. The van der Waals surface area contributed by atoms with Crippen molar-refractivity contribution < 1.29 is 14.3 Å². The number of hydrogen-bond donors (Lipinski definition) is 0. The molecule has 0 atom stereocenters. The normalized spacial score (nSPS) is 12.9. The molecule has 3 rings (SSSR count). The molecule has 19 heavy (non-hydrogen) atoms. The highest BCUT2D eigenvalue weighted by molar-refractivity contribution is 6.28. The fourth-order valence-electron chi connectivity index (χ4n) is 2.32. The number of methoxy groups -OCH3 is 1. The molecule has 2 aromatic rings. The lowest BCUT2D eigenvalue weighted by molar-refractivity contribution is 0.0974. The Morgan fingerprint density at radius 1 is 1.05 bits per heavy atom. The number of nitrogens with zero attached hydrogens (tertiary/aromatic N) is 1. The SMILES string of the molecule is COc1ccc2c(c1)C(=O)c1c(C)ccnc1C2=O. The molecule has 0 radical (unpaired) electrons. The van der Waals surface area contributed by atoms with Gasteiger partial charge < -0.3 is 4.74 Å². The van der Waals surface area contributed by atoms with E-state index in [0.717, 1.165) is 5.56 Å². The maximum absolute atomic E-state index is 12.5. The van der Waals surface area contributed by atoms with Crippen LogP contribution in [0.2, 0.25) is 0 Å². The summed E-state index contributed by atoms with van der Waals surface area (Å²) < 4.78 is 5.10. The minimum absolute atomic E-state index is 0.172. The monoisotopic (exact) mass is 253 g/mol. The molecule has 4 heteroatoms. The Bertz CT molecular complexity index is 719. The summed E-state index contributed by atoms with van der Waals surface area (Å²) in [6.07, 6.45) is 1.55. The number of aryl methyl sites for hydroxylation is 1. The minimum atomic E-state index is -0.212. The highest BCUT2D eigenvalue weighted by Gasteiger charge is 2.32. The zero-order chi connectivity index (χ0) is 13.6. The third kappa shape index (κ3) is 1.57. The van der Waals surface area contributed by atoms with E-state index < -0.39 is 0 Å². The van der Waals surface area contributed by atoms with Crippen LogP contribution in [0.5, 0.6) is 5.75 Å². The fourth-order valence-corrected chi connectivity index (χ4v) is 2.32. The van der Waals surface area contributed by atoms with Crippen LogP contribution in [-0.4, -0.2) is 23.7 Å². The Balaban J connectivity index is 2.30. The first-order chi connectivity index (χ1) is 9.13. The zero-order valence-corrected chi connectivity index (χ0v) is 10.6. The van der Waals surface area contributed by atoms with Crippen molar-refractivity contribution in [2.45, 2.75) is 6.92 Å². The smallest absolute Gasteiger partial charge is 0.212 e. The summed E-state index contributed by atoms with van der Waals surface area (Å²) in [5.74, 6) is 0.176. The van der Waals surface area contributed by atoms with Crippen LogP contribution in [0.1, 0.15) is 37.5 Å². The number of fused-ring (bicyclic) bond motifs is 2. The highest BCUT2D eigenvalue weighted by atomic mass is 16.5. The van der Waals surface area contributed by atoms with Gasteiger partial charge in [0.1, 0.15) is 11.4 Å². The Morgan fingerprint density at radius 3 is 2.58 bits per heavy atom. The summed E-state index contributed by atoms with van der Waals surface area (Å²) in [7, 11) is 1.53. The zero-order valence-electron chi connectivity index (χ0n) is 10.6. The van der Waals surface area contributed by atoms with Gasteiger partial charge in [0.15, 0.2) is 5.78 Å². The van der Waals surface area contributed by atoms with Crippen molar-refractivity contribution in [3.8, 4) is 5.75 Å². The predicted octanol–water partition coefficient (Wildman–Crippen LogP) is 2.17. The van der Waals surface area contributed by atoms with E-state index in [2.05, 4.69) is 4.98 Å². The lowest BCUT2D eigenvalue weighted by Gasteiger charge is -2.18. The first-order valence-corrected chi connectivity index (χ1v) is 5.86. The van der Waals surface area contributed by atoms with Crippen LogP contribution in [0, 0.1) is 6.92 Å². The number of aromatic nitrogens is 1. The predicted molar refractivity (Wildman–Crippen MR) is 68.8 cm³/mol. The molecule has 0 fully saturated rings. The Hall–Kier alpha value is -2.49. The number of ether oxygens (including phenoxy) is 1. The number of benzene rings is 1. The van der Waals surface area contributed by atoms with Crippen molar-refractivity contribution in [3.05, 3.63) is 58.4 Å². The van der Waals surface area contributed by atoms with Crippen molar-refractivity contribution in [1.82, 2.24) is 4.98 Å². The summed E-state index contributed by atoms with van der Waals surface area (Å²) in [5, 5.41) is 0. The molecule has 1 aromatic carbocycles. The van der Waals surface area contributed by atoms with Gasteiger partial charge in [-0.1, -0.05) is 0 Å². The number of carbonyl (C=O) groups excluding carboxylic acids is 2. The van der Waals surface area contributed by atoms with Crippen LogP contribution in [0.3, 0.4) is 0 Å². The van der Waals surface area contributed by atoms with Gasteiger partial charge >= 0.3 is 0 Å². The van der Waals surface area contributed by atoms with Crippen molar-refractivity contribution in [2.75, 3.05) is 7.11 Å². The van der Waals surface area contributed by atoms with Gasteiger partial charge in [0.05, 0.1) is 12.7 Å². The molecular weight excluding hydrogens is 242 g/mol. The second-order valence-electron chi connectivity index (χ2n) is 4.42. The van der Waals surface area contributed by atoms with Crippen molar-refractivity contribution in [3.63, 3.8) is 0 Å². The molecular formula is C15H11NO3. The van der Waals surface area contributed by atoms with Gasteiger partial charge in [-0.25, -0.2) is 0 Å². The van der Waals surface area contributed by atoms with Gasteiger partial charge in [-0.15, -0.1) is 0 Å². The van der Waals surface area contributed by atoms with E-state index in [9.17, 15) is 9.59 Å². The lowest BCUT2D eigenvalue weighted by Crippen LogP contribution is -2.23. The number of rotatable bonds is 1. The number of pyridine rings is 1. The van der Waals surface area contributed by atoms with E-state index in [1.807, 2.05) is 0 Å². The summed E-state index contributed by atoms with van der Waals surface area (Å²) >= 11 is 0. The van der Waals surface area contributed by atoms with Crippen molar-refractivity contribution in [2.24, 2.45) is 0 Å². The van der Waals surface area contributed by atoms with Crippen LogP contribution in [0.4, 0.5) is 0 Å². The fraction of sp³-hybridized carbons (Fsp3) is 0.133. The molecule has 1 aromatic heterocycles. The first-order valence-electron chi connectivity index (χ1n) is 5.86. The van der Waals surface area contributed by atoms with Gasteiger partial charge in [-0.2, -0.15) is 0 Å². The second-order valence-corrected chi connectivity index (χ2v) is 4.42. The largest absolute Gasteiger partial charge is 0.497 e. The van der Waals surface area contributed by atoms with Gasteiger partial charge in [0.25, 0.3) is 0 Å². The first kappa shape index (κ1) is 11.6. The molecule has 0 amide bonds. The summed E-state index contributed by atoms with van der Waals surface area (Å²) in [6, 6.07) is 6.62. The Labute approximate surface area is 110 Å². The molecule has 0 spiro atoms. The van der Waals surface area contributed by atoms with Gasteiger partial charge in [-0.3, -0.25) is 14.6 Å². The molecule has 4 nitrogen and oxygen atoms in total. The minimum Gasteiger partial charge on any atom is -0.497 e. The van der Waals surface area contributed by atoms with Crippen LogP contribution < -0.4 is 4.74 Å². The Kier molecular flexibility index (Phi) is 2.45. The average Bonchev–Trinajstić information content (AvgIpc) is 2.44. The van der Waals surface area contributed by atoms with Crippen LogP contribution >= 0.6 is 0 Å². The van der Waals surface area contributed by atoms with Gasteiger partial charge in [0, 0.05) is 17.3 Å². The summed E-state index contributed by atoms with van der Waals surface area (Å²) in [4.78, 5) is 28.9. The molecule has 0 bridgehead atoms. The third-order valence-corrected chi connectivity index (χ3v) is 3.32. The van der Waals surface area contributed by atoms with E-state index in [1.165, 1.54) is 7.11 Å².